The molecule has 0 radical (unpaired) electrons. The standard InChI is InChI=1S/C21H23FN4O2.HI/c1-23-21(26-12-14-3-5-15(6-4-14)20(27)28-2)24-10-9-16-13-25-19-8-7-17(22)11-18(16)19;/h3-8,11,13,25H,9-10,12H2,1-2H3,(H2,23,24,26);1H. The Labute approximate surface area is 186 Å². The topological polar surface area (TPSA) is 78.5 Å². The summed E-state index contributed by atoms with van der Waals surface area (Å²) in [6, 6.07) is 11.9. The van der Waals surface area contributed by atoms with Gasteiger partial charge in [-0.2, -0.15) is 0 Å². The van der Waals surface area contributed by atoms with Gasteiger partial charge in [0.15, 0.2) is 5.96 Å². The highest BCUT2D eigenvalue weighted by Crippen LogP contribution is 2.19. The first kappa shape index (κ1) is 22.7. The number of hydrogen-bond donors (Lipinski definition) is 3. The van der Waals surface area contributed by atoms with E-state index < -0.39 is 0 Å². The Hall–Kier alpha value is -2.62. The Balaban J connectivity index is 0.00000300. The van der Waals surface area contributed by atoms with Crippen molar-refractivity contribution in [3.8, 4) is 0 Å². The molecule has 0 amide bonds. The molecule has 1 heterocycles. The van der Waals surface area contributed by atoms with Gasteiger partial charge in [-0.15, -0.1) is 24.0 Å². The quantitative estimate of drug-likeness (QED) is 0.205. The van der Waals surface area contributed by atoms with Gasteiger partial charge in [-0.1, -0.05) is 12.1 Å². The molecular formula is C21H24FIN4O2. The molecule has 29 heavy (non-hydrogen) atoms. The fourth-order valence-electron chi connectivity index (χ4n) is 2.96. The van der Waals surface area contributed by atoms with Crippen LogP contribution in [-0.2, 0) is 17.7 Å². The molecule has 8 heteroatoms. The number of ether oxygens (including phenoxy) is 1. The number of nitrogens with one attached hydrogen (secondary N) is 3. The van der Waals surface area contributed by atoms with Crippen LogP contribution < -0.4 is 10.6 Å². The SMILES string of the molecule is CN=C(NCCc1c[nH]c2ccc(F)cc12)NCc1ccc(C(=O)OC)cc1.I. The second-order valence-corrected chi connectivity index (χ2v) is 6.29. The molecule has 0 atom stereocenters. The summed E-state index contributed by atoms with van der Waals surface area (Å²) in [5.74, 6) is 0.0780. The zero-order valence-electron chi connectivity index (χ0n) is 16.3. The third kappa shape index (κ3) is 5.93. The molecule has 0 saturated carbocycles. The Kier molecular flexibility index (Phi) is 8.44. The lowest BCUT2D eigenvalue weighted by molar-refractivity contribution is 0.0600. The first-order chi connectivity index (χ1) is 13.6. The molecular weight excluding hydrogens is 486 g/mol. The maximum atomic E-state index is 13.5. The molecule has 0 spiro atoms. The summed E-state index contributed by atoms with van der Waals surface area (Å²) >= 11 is 0. The van der Waals surface area contributed by atoms with Gasteiger partial charge in [-0.05, 0) is 47.9 Å². The summed E-state index contributed by atoms with van der Waals surface area (Å²) < 4.78 is 18.2. The van der Waals surface area contributed by atoms with E-state index in [9.17, 15) is 9.18 Å². The van der Waals surface area contributed by atoms with Crippen molar-refractivity contribution in [2.45, 2.75) is 13.0 Å². The lowest BCUT2D eigenvalue weighted by atomic mass is 10.1. The molecule has 2 aromatic carbocycles. The second kappa shape index (κ2) is 10.8. The molecule has 0 saturated heterocycles. The molecule has 0 bridgehead atoms. The summed E-state index contributed by atoms with van der Waals surface area (Å²) in [7, 11) is 3.07. The number of fused-ring (bicyclic) bond motifs is 1. The number of methoxy groups -OCH3 is 1. The zero-order chi connectivity index (χ0) is 19.9. The molecule has 3 N–H and O–H groups in total. The Morgan fingerprint density at radius 1 is 1.17 bits per heavy atom. The van der Waals surface area contributed by atoms with Gasteiger partial charge in [-0.3, -0.25) is 4.99 Å². The van der Waals surface area contributed by atoms with Crippen molar-refractivity contribution in [1.29, 1.82) is 0 Å². The summed E-state index contributed by atoms with van der Waals surface area (Å²) in [5, 5.41) is 7.38. The number of aromatic nitrogens is 1. The van der Waals surface area contributed by atoms with Crippen LogP contribution >= 0.6 is 24.0 Å². The minimum absolute atomic E-state index is 0. The number of benzene rings is 2. The van der Waals surface area contributed by atoms with Crippen molar-refractivity contribution < 1.29 is 13.9 Å². The van der Waals surface area contributed by atoms with Crippen LogP contribution in [0.4, 0.5) is 4.39 Å². The van der Waals surface area contributed by atoms with E-state index in [0.29, 0.717) is 24.6 Å². The molecule has 0 aliphatic carbocycles. The monoisotopic (exact) mass is 510 g/mol. The highest BCUT2D eigenvalue weighted by Gasteiger charge is 2.07. The fraction of sp³-hybridized carbons (Fsp3) is 0.238. The van der Waals surface area contributed by atoms with Crippen molar-refractivity contribution in [3.05, 3.63) is 71.2 Å². The van der Waals surface area contributed by atoms with Crippen LogP contribution in [0.15, 0.2) is 53.7 Å². The number of hydrogen-bond acceptors (Lipinski definition) is 3. The van der Waals surface area contributed by atoms with Crippen LogP contribution in [0.1, 0.15) is 21.5 Å². The minimum Gasteiger partial charge on any atom is -0.465 e. The third-order valence-electron chi connectivity index (χ3n) is 4.47. The number of guanidine groups is 1. The Morgan fingerprint density at radius 2 is 1.93 bits per heavy atom. The van der Waals surface area contributed by atoms with E-state index in [1.807, 2.05) is 18.3 Å². The van der Waals surface area contributed by atoms with E-state index in [2.05, 4.69) is 20.6 Å². The van der Waals surface area contributed by atoms with Crippen LogP contribution in [0.5, 0.6) is 0 Å². The van der Waals surface area contributed by atoms with Crippen molar-refractivity contribution >= 4 is 46.8 Å². The maximum Gasteiger partial charge on any atom is 0.337 e. The number of aromatic amines is 1. The van der Waals surface area contributed by atoms with E-state index in [1.54, 1.807) is 31.3 Å². The van der Waals surface area contributed by atoms with Gasteiger partial charge >= 0.3 is 5.97 Å². The van der Waals surface area contributed by atoms with Gasteiger partial charge in [0.1, 0.15) is 5.82 Å². The first-order valence-corrected chi connectivity index (χ1v) is 8.98. The average Bonchev–Trinajstić information content (AvgIpc) is 3.12. The van der Waals surface area contributed by atoms with Crippen LogP contribution in [0.3, 0.4) is 0 Å². The van der Waals surface area contributed by atoms with Crippen molar-refractivity contribution in [1.82, 2.24) is 15.6 Å². The predicted molar refractivity (Wildman–Crippen MR) is 123 cm³/mol. The summed E-state index contributed by atoms with van der Waals surface area (Å²) in [4.78, 5) is 18.8. The van der Waals surface area contributed by atoms with Crippen LogP contribution in [0.25, 0.3) is 10.9 Å². The molecule has 0 unspecified atom stereocenters. The van der Waals surface area contributed by atoms with E-state index >= 15 is 0 Å². The largest absolute Gasteiger partial charge is 0.465 e. The molecule has 6 nitrogen and oxygen atoms in total. The molecule has 0 fully saturated rings. The normalized spacial score (nSPS) is 11.1. The average molecular weight is 510 g/mol. The first-order valence-electron chi connectivity index (χ1n) is 8.98. The number of nitrogens with zero attached hydrogens (tertiary/aromatic N) is 1. The maximum absolute atomic E-state index is 13.5. The lowest BCUT2D eigenvalue weighted by Gasteiger charge is -2.12. The molecule has 0 aliphatic rings. The fourth-order valence-corrected chi connectivity index (χ4v) is 2.96. The van der Waals surface area contributed by atoms with Gasteiger partial charge in [-0.25, -0.2) is 9.18 Å². The number of esters is 1. The Bertz CT molecular complexity index is 986. The zero-order valence-corrected chi connectivity index (χ0v) is 18.6. The number of H-pyrrole nitrogens is 1. The smallest absolute Gasteiger partial charge is 0.337 e. The molecule has 1 aromatic heterocycles. The van der Waals surface area contributed by atoms with Crippen molar-refractivity contribution in [2.24, 2.45) is 4.99 Å². The van der Waals surface area contributed by atoms with Crippen molar-refractivity contribution in [2.75, 3.05) is 20.7 Å². The minimum atomic E-state index is -0.353. The van der Waals surface area contributed by atoms with E-state index in [4.69, 9.17) is 4.74 Å². The summed E-state index contributed by atoms with van der Waals surface area (Å²) in [5.41, 5.74) is 3.51. The van der Waals surface area contributed by atoms with Crippen LogP contribution in [0.2, 0.25) is 0 Å². The van der Waals surface area contributed by atoms with Crippen LogP contribution in [0, 0.1) is 5.82 Å². The second-order valence-electron chi connectivity index (χ2n) is 6.29. The Morgan fingerprint density at radius 3 is 2.62 bits per heavy atom. The lowest BCUT2D eigenvalue weighted by Crippen LogP contribution is -2.37. The van der Waals surface area contributed by atoms with Gasteiger partial charge in [0.25, 0.3) is 0 Å². The number of rotatable bonds is 6. The van der Waals surface area contributed by atoms with Gasteiger partial charge in [0.05, 0.1) is 12.7 Å². The number of carbonyl (C=O) groups is 1. The van der Waals surface area contributed by atoms with E-state index in [1.165, 1.54) is 13.2 Å². The van der Waals surface area contributed by atoms with Crippen LogP contribution in [-0.4, -0.2) is 37.6 Å². The molecule has 0 aliphatic heterocycles. The highest BCUT2D eigenvalue weighted by atomic mass is 127. The van der Waals surface area contributed by atoms with Gasteiger partial charge in [0, 0.05) is 37.2 Å². The predicted octanol–water partition coefficient (Wildman–Crippen LogP) is 3.62. The number of aliphatic imine (C=N–C) groups is 1. The van der Waals surface area contributed by atoms with E-state index in [0.717, 1.165) is 28.5 Å². The van der Waals surface area contributed by atoms with Gasteiger partial charge in [0.2, 0.25) is 0 Å². The third-order valence-corrected chi connectivity index (χ3v) is 4.47. The number of halogens is 2. The molecule has 154 valence electrons. The molecule has 3 rings (SSSR count). The molecule has 3 aromatic rings. The summed E-state index contributed by atoms with van der Waals surface area (Å²) in [6.45, 7) is 1.23. The number of carbonyl (C=O) groups excluding carboxylic acids is 1. The van der Waals surface area contributed by atoms with E-state index in [-0.39, 0.29) is 35.8 Å². The van der Waals surface area contributed by atoms with Crippen molar-refractivity contribution in [3.63, 3.8) is 0 Å². The highest BCUT2D eigenvalue weighted by molar-refractivity contribution is 14.0. The van der Waals surface area contributed by atoms with Gasteiger partial charge < -0.3 is 20.4 Å². The summed E-state index contributed by atoms with van der Waals surface area (Å²) in [6.07, 6.45) is 2.64.